The zero-order valence-corrected chi connectivity index (χ0v) is 12.0. The van der Waals surface area contributed by atoms with Crippen molar-refractivity contribution in [2.75, 3.05) is 13.1 Å². The molecule has 0 aromatic rings. The molecule has 3 heteroatoms. The number of nitrogens with one attached hydrogen (secondary N) is 1. The van der Waals surface area contributed by atoms with E-state index in [1.165, 1.54) is 0 Å². The molecule has 3 N–H and O–H groups in total. The molecule has 1 amide bonds. The highest BCUT2D eigenvalue weighted by Crippen LogP contribution is 2.20. The molecule has 102 valence electrons. The number of unbranched alkanes of at least 4 members (excludes halogenated alkanes) is 2. The number of carbonyl (C=O) groups is 1. The van der Waals surface area contributed by atoms with Crippen LogP contribution < -0.4 is 11.1 Å². The first-order valence-electron chi connectivity index (χ1n) is 6.96. The fraction of sp³-hybridized carbons (Fsp3) is 0.929. The quantitative estimate of drug-likeness (QED) is 0.611. The lowest BCUT2D eigenvalue weighted by Gasteiger charge is -2.22. The van der Waals surface area contributed by atoms with Gasteiger partial charge in [0, 0.05) is 12.5 Å². The van der Waals surface area contributed by atoms with Crippen LogP contribution in [-0.4, -0.2) is 19.0 Å². The fourth-order valence-electron chi connectivity index (χ4n) is 1.98. The van der Waals surface area contributed by atoms with Gasteiger partial charge in [0.1, 0.15) is 0 Å². The number of hydrogen-bond donors (Lipinski definition) is 2. The second-order valence-electron chi connectivity index (χ2n) is 5.62. The van der Waals surface area contributed by atoms with Crippen molar-refractivity contribution in [3.05, 3.63) is 0 Å². The maximum atomic E-state index is 12.0. The summed E-state index contributed by atoms with van der Waals surface area (Å²) in [5.74, 6) is 1.37. The topological polar surface area (TPSA) is 55.1 Å². The summed E-state index contributed by atoms with van der Waals surface area (Å²) in [6.07, 6.45) is 4.17. The zero-order chi connectivity index (χ0) is 13.3. The molecule has 0 aliphatic heterocycles. The minimum atomic E-state index is 0.157. The molecule has 17 heavy (non-hydrogen) atoms. The van der Waals surface area contributed by atoms with Crippen molar-refractivity contribution in [3.63, 3.8) is 0 Å². The SMILES string of the molecule is CC(C)CC(C(=O)NCCCCCN)C(C)C. The van der Waals surface area contributed by atoms with Crippen LogP contribution in [0.2, 0.25) is 0 Å². The lowest BCUT2D eigenvalue weighted by Crippen LogP contribution is -2.35. The summed E-state index contributed by atoms with van der Waals surface area (Å²) in [5.41, 5.74) is 5.43. The smallest absolute Gasteiger partial charge is 0.223 e. The molecule has 0 spiro atoms. The van der Waals surface area contributed by atoms with Crippen molar-refractivity contribution < 1.29 is 4.79 Å². The van der Waals surface area contributed by atoms with E-state index >= 15 is 0 Å². The molecule has 1 unspecified atom stereocenters. The number of rotatable bonds is 9. The van der Waals surface area contributed by atoms with Crippen LogP contribution in [0.15, 0.2) is 0 Å². The van der Waals surface area contributed by atoms with Crippen LogP contribution in [0.4, 0.5) is 0 Å². The number of carbonyl (C=O) groups excluding carboxylic acids is 1. The van der Waals surface area contributed by atoms with E-state index in [9.17, 15) is 4.79 Å². The molecule has 0 aromatic heterocycles. The Bertz CT molecular complexity index is 202. The Morgan fingerprint density at radius 2 is 1.76 bits per heavy atom. The van der Waals surface area contributed by atoms with Crippen LogP contribution in [0.1, 0.15) is 53.4 Å². The Labute approximate surface area is 107 Å². The van der Waals surface area contributed by atoms with Gasteiger partial charge in [0.25, 0.3) is 0 Å². The molecule has 0 saturated carbocycles. The predicted molar refractivity (Wildman–Crippen MR) is 73.7 cm³/mol. The molecule has 3 nitrogen and oxygen atoms in total. The summed E-state index contributed by atoms with van der Waals surface area (Å²) >= 11 is 0. The van der Waals surface area contributed by atoms with Crippen LogP contribution >= 0.6 is 0 Å². The molecule has 0 saturated heterocycles. The van der Waals surface area contributed by atoms with Gasteiger partial charge in [-0.05, 0) is 37.6 Å². The van der Waals surface area contributed by atoms with E-state index in [4.69, 9.17) is 5.73 Å². The van der Waals surface area contributed by atoms with Crippen molar-refractivity contribution in [1.29, 1.82) is 0 Å². The molecule has 0 radical (unpaired) electrons. The largest absolute Gasteiger partial charge is 0.356 e. The Hall–Kier alpha value is -0.570. The van der Waals surface area contributed by atoms with Crippen molar-refractivity contribution in [2.45, 2.75) is 53.4 Å². The predicted octanol–water partition coefficient (Wildman–Crippen LogP) is 2.55. The normalized spacial score (nSPS) is 13.1. The molecular weight excluding hydrogens is 212 g/mol. The number of hydrogen-bond acceptors (Lipinski definition) is 2. The zero-order valence-electron chi connectivity index (χ0n) is 12.0. The lowest BCUT2D eigenvalue weighted by molar-refractivity contribution is -0.126. The molecule has 0 aliphatic rings. The van der Waals surface area contributed by atoms with E-state index in [-0.39, 0.29) is 11.8 Å². The van der Waals surface area contributed by atoms with Crippen molar-refractivity contribution in [3.8, 4) is 0 Å². The highest BCUT2D eigenvalue weighted by atomic mass is 16.1. The van der Waals surface area contributed by atoms with E-state index in [0.717, 1.165) is 38.8 Å². The van der Waals surface area contributed by atoms with Gasteiger partial charge >= 0.3 is 0 Å². The molecule has 0 bridgehead atoms. The summed E-state index contributed by atoms with van der Waals surface area (Å²) in [6.45, 7) is 10.1. The van der Waals surface area contributed by atoms with Crippen LogP contribution in [0.5, 0.6) is 0 Å². The van der Waals surface area contributed by atoms with Crippen LogP contribution in [0, 0.1) is 17.8 Å². The standard InChI is InChI=1S/C14H30N2O/c1-11(2)10-13(12(3)4)14(17)16-9-7-5-6-8-15/h11-13H,5-10,15H2,1-4H3,(H,16,17). The third-order valence-corrected chi connectivity index (χ3v) is 3.05. The van der Waals surface area contributed by atoms with Crippen LogP contribution in [0.25, 0.3) is 0 Å². The van der Waals surface area contributed by atoms with Gasteiger partial charge in [0.05, 0.1) is 0 Å². The molecular formula is C14H30N2O. The minimum Gasteiger partial charge on any atom is -0.356 e. The van der Waals surface area contributed by atoms with Crippen molar-refractivity contribution in [2.24, 2.45) is 23.5 Å². The minimum absolute atomic E-state index is 0.157. The van der Waals surface area contributed by atoms with Gasteiger partial charge < -0.3 is 11.1 Å². The Morgan fingerprint density at radius 1 is 1.12 bits per heavy atom. The number of nitrogens with two attached hydrogens (primary N) is 1. The monoisotopic (exact) mass is 242 g/mol. The fourth-order valence-corrected chi connectivity index (χ4v) is 1.98. The maximum Gasteiger partial charge on any atom is 0.223 e. The van der Waals surface area contributed by atoms with E-state index in [2.05, 4.69) is 33.0 Å². The third-order valence-electron chi connectivity index (χ3n) is 3.05. The molecule has 0 aliphatic carbocycles. The molecule has 1 atom stereocenters. The third kappa shape index (κ3) is 8.19. The van der Waals surface area contributed by atoms with Gasteiger partial charge in [-0.25, -0.2) is 0 Å². The van der Waals surface area contributed by atoms with E-state index in [1.54, 1.807) is 0 Å². The van der Waals surface area contributed by atoms with E-state index in [0.29, 0.717) is 11.8 Å². The molecule has 0 rings (SSSR count). The van der Waals surface area contributed by atoms with E-state index in [1.807, 2.05) is 0 Å². The Kier molecular flexibility index (Phi) is 9.14. The van der Waals surface area contributed by atoms with Gasteiger partial charge in [-0.1, -0.05) is 34.1 Å². The second kappa shape index (κ2) is 9.46. The number of amides is 1. The summed E-state index contributed by atoms with van der Waals surface area (Å²) in [5, 5.41) is 3.05. The summed E-state index contributed by atoms with van der Waals surface area (Å²) in [7, 11) is 0. The Balaban J connectivity index is 3.90. The molecule has 0 fully saturated rings. The first-order chi connectivity index (χ1) is 7.99. The van der Waals surface area contributed by atoms with Crippen molar-refractivity contribution in [1.82, 2.24) is 5.32 Å². The average molecular weight is 242 g/mol. The highest BCUT2D eigenvalue weighted by Gasteiger charge is 2.22. The summed E-state index contributed by atoms with van der Waals surface area (Å²) in [4.78, 5) is 12.0. The van der Waals surface area contributed by atoms with Gasteiger partial charge in [-0.15, -0.1) is 0 Å². The summed E-state index contributed by atoms with van der Waals surface area (Å²) < 4.78 is 0. The molecule has 0 heterocycles. The Morgan fingerprint density at radius 3 is 2.24 bits per heavy atom. The van der Waals surface area contributed by atoms with Gasteiger partial charge in [0.15, 0.2) is 0 Å². The first-order valence-corrected chi connectivity index (χ1v) is 6.96. The first kappa shape index (κ1) is 16.4. The van der Waals surface area contributed by atoms with Crippen LogP contribution in [-0.2, 0) is 4.79 Å². The average Bonchev–Trinajstić information content (AvgIpc) is 2.24. The van der Waals surface area contributed by atoms with E-state index < -0.39 is 0 Å². The van der Waals surface area contributed by atoms with Gasteiger partial charge in [0.2, 0.25) is 5.91 Å². The second-order valence-corrected chi connectivity index (χ2v) is 5.62. The van der Waals surface area contributed by atoms with Crippen LogP contribution in [0.3, 0.4) is 0 Å². The molecule has 0 aromatic carbocycles. The van der Waals surface area contributed by atoms with Crippen molar-refractivity contribution >= 4 is 5.91 Å². The maximum absolute atomic E-state index is 12.0. The van der Waals surface area contributed by atoms with Gasteiger partial charge in [-0.3, -0.25) is 4.79 Å². The van der Waals surface area contributed by atoms with Gasteiger partial charge in [-0.2, -0.15) is 0 Å². The lowest BCUT2D eigenvalue weighted by atomic mass is 9.87. The highest BCUT2D eigenvalue weighted by molar-refractivity contribution is 5.78. The summed E-state index contributed by atoms with van der Waals surface area (Å²) in [6, 6.07) is 0.